The molecule has 3 aliphatic heterocycles. The number of nitrogens with zero attached hydrogens (tertiary/aromatic N) is 2. The monoisotopic (exact) mass is 280 g/mol. The van der Waals surface area contributed by atoms with Crippen molar-refractivity contribution in [1.82, 2.24) is 9.80 Å². The second kappa shape index (κ2) is 4.81. The molecule has 2 fully saturated rings. The maximum atomic E-state index is 12.5. The Balaban J connectivity index is 1.80. The quantitative estimate of drug-likeness (QED) is 0.658. The van der Waals surface area contributed by atoms with Crippen molar-refractivity contribution in [2.24, 2.45) is 11.8 Å². The second-order valence-electron chi connectivity index (χ2n) is 5.20. The summed E-state index contributed by atoms with van der Waals surface area (Å²) in [7, 11) is 1.32. The number of imide groups is 1. The molecule has 3 heterocycles. The van der Waals surface area contributed by atoms with Gasteiger partial charge in [0.15, 0.2) is 0 Å². The number of hydrogen-bond donors (Lipinski definition) is 0. The van der Waals surface area contributed by atoms with Crippen molar-refractivity contribution in [1.29, 1.82) is 0 Å². The molecule has 108 valence electrons. The van der Waals surface area contributed by atoms with Gasteiger partial charge in [0.25, 0.3) is 0 Å². The molecule has 0 unspecified atom stereocenters. The average molecular weight is 280 g/mol. The van der Waals surface area contributed by atoms with Gasteiger partial charge in [0.1, 0.15) is 6.61 Å². The van der Waals surface area contributed by atoms with Gasteiger partial charge in [-0.1, -0.05) is 12.2 Å². The van der Waals surface area contributed by atoms with E-state index in [1.54, 1.807) is 4.90 Å². The van der Waals surface area contributed by atoms with E-state index in [4.69, 9.17) is 9.47 Å². The maximum Gasteiger partial charge on any atom is 0.416 e. The van der Waals surface area contributed by atoms with Gasteiger partial charge in [-0.3, -0.25) is 4.79 Å². The minimum atomic E-state index is -0.593. The molecule has 0 aromatic carbocycles. The molecule has 0 aromatic rings. The van der Waals surface area contributed by atoms with Crippen LogP contribution in [0.15, 0.2) is 12.2 Å². The van der Waals surface area contributed by atoms with Crippen molar-refractivity contribution >= 4 is 18.1 Å². The van der Waals surface area contributed by atoms with E-state index in [-0.39, 0.29) is 31.0 Å². The molecule has 1 aliphatic carbocycles. The second-order valence-corrected chi connectivity index (χ2v) is 5.20. The summed E-state index contributed by atoms with van der Waals surface area (Å²) in [5, 5.41) is 0. The first-order chi connectivity index (χ1) is 9.61. The van der Waals surface area contributed by atoms with Crippen molar-refractivity contribution in [3.05, 3.63) is 12.2 Å². The van der Waals surface area contributed by atoms with Crippen LogP contribution < -0.4 is 0 Å². The third-order valence-corrected chi connectivity index (χ3v) is 4.09. The van der Waals surface area contributed by atoms with Crippen LogP contribution in [0, 0.1) is 11.8 Å². The number of fused-ring (bicyclic) bond motifs is 2. The standard InChI is InChI=1S/C13H16N2O5/c1-19-12(17)15-7-8-2-3-10(15)9(6-8)11(16)14-4-5-20-13(14)18/h2-3,8-10H,4-7H2,1H3/t8-,9-,10+/m1/s1. The molecule has 3 amide bonds. The third kappa shape index (κ3) is 1.93. The van der Waals surface area contributed by atoms with Crippen LogP contribution in [-0.2, 0) is 14.3 Å². The van der Waals surface area contributed by atoms with Gasteiger partial charge in [0.2, 0.25) is 5.91 Å². The molecule has 0 radical (unpaired) electrons. The van der Waals surface area contributed by atoms with Crippen molar-refractivity contribution < 1.29 is 23.9 Å². The van der Waals surface area contributed by atoms with E-state index in [9.17, 15) is 14.4 Å². The molecule has 4 aliphatic rings. The lowest BCUT2D eigenvalue weighted by Crippen LogP contribution is -2.57. The first-order valence-electron chi connectivity index (χ1n) is 6.63. The zero-order valence-corrected chi connectivity index (χ0v) is 11.2. The molecule has 20 heavy (non-hydrogen) atoms. The Morgan fingerprint density at radius 3 is 2.80 bits per heavy atom. The number of rotatable bonds is 1. The first kappa shape index (κ1) is 13.0. The smallest absolute Gasteiger partial charge is 0.416 e. The highest BCUT2D eigenvalue weighted by Gasteiger charge is 2.46. The molecule has 7 nitrogen and oxygen atoms in total. The topological polar surface area (TPSA) is 76.2 Å². The lowest BCUT2D eigenvalue weighted by Gasteiger charge is -2.45. The highest BCUT2D eigenvalue weighted by atomic mass is 16.6. The molecule has 0 N–H and O–H groups in total. The van der Waals surface area contributed by atoms with Crippen LogP contribution >= 0.6 is 0 Å². The van der Waals surface area contributed by atoms with Crippen LogP contribution in [0.5, 0.6) is 0 Å². The van der Waals surface area contributed by atoms with Gasteiger partial charge >= 0.3 is 12.2 Å². The molecule has 3 atom stereocenters. The maximum absolute atomic E-state index is 12.5. The minimum absolute atomic E-state index is 0.131. The predicted molar refractivity (Wildman–Crippen MR) is 66.7 cm³/mol. The Hall–Kier alpha value is -2.05. The summed E-state index contributed by atoms with van der Waals surface area (Å²) < 4.78 is 9.55. The Bertz CT molecular complexity index is 489. The van der Waals surface area contributed by atoms with Gasteiger partial charge in [0, 0.05) is 6.54 Å². The van der Waals surface area contributed by atoms with Gasteiger partial charge < -0.3 is 14.4 Å². The number of carbonyl (C=O) groups is 3. The normalized spacial score (nSPS) is 31.4. The fraction of sp³-hybridized carbons (Fsp3) is 0.615. The van der Waals surface area contributed by atoms with Crippen molar-refractivity contribution in [2.45, 2.75) is 12.5 Å². The molecule has 7 heteroatoms. The van der Waals surface area contributed by atoms with Crippen LogP contribution in [0.1, 0.15) is 6.42 Å². The Morgan fingerprint density at radius 2 is 2.20 bits per heavy atom. The van der Waals surface area contributed by atoms with E-state index in [0.717, 1.165) is 4.90 Å². The number of piperidine rings is 1. The van der Waals surface area contributed by atoms with E-state index in [0.29, 0.717) is 13.0 Å². The van der Waals surface area contributed by atoms with Gasteiger partial charge in [-0.05, 0) is 12.3 Å². The molecule has 2 saturated heterocycles. The van der Waals surface area contributed by atoms with Gasteiger partial charge in [-0.15, -0.1) is 0 Å². The van der Waals surface area contributed by atoms with Crippen LogP contribution in [-0.4, -0.2) is 60.7 Å². The molecule has 0 saturated carbocycles. The fourth-order valence-electron chi connectivity index (χ4n) is 3.13. The summed E-state index contributed by atoms with van der Waals surface area (Å²) in [6.45, 7) is 1.08. The lowest BCUT2D eigenvalue weighted by atomic mass is 9.77. The van der Waals surface area contributed by atoms with Crippen LogP contribution in [0.2, 0.25) is 0 Å². The Morgan fingerprint density at radius 1 is 1.40 bits per heavy atom. The average Bonchev–Trinajstić information content (AvgIpc) is 2.92. The van der Waals surface area contributed by atoms with E-state index < -0.39 is 18.1 Å². The molecule has 2 bridgehead atoms. The summed E-state index contributed by atoms with van der Waals surface area (Å²) in [6, 6.07) is -0.339. The van der Waals surface area contributed by atoms with Gasteiger partial charge in [0.05, 0.1) is 25.6 Å². The largest absolute Gasteiger partial charge is 0.453 e. The summed E-state index contributed by atoms with van der Waals surface area (Å²) >= 11 is 0. The minimum Gasteiger partial charge on any atom is -0.453 e. The summed E-state index contributed by atoms with van der Waals surface area (Å²) in [4.78, 5) is 38.4. The third-order valence-electron chi connectivity index (χ3n) is 4.09. The number of methoxy groups -OCH3 is 1. The van der Waals surface area contributed by atoms with Gasteiger partial charge in [-0.2, -0.15) is 0 Å². The molecule has 4 rings (SSSR count). The number of cyclic esters (lactones) is 1. The van der Waals surface area contributed by atoms with E-state index in [2.05, 4.69) is 0 Å². The highest BCUT2D eigenvalue weighted by molar-refractivity contribution is 5.95. The van der Waals surface area contributed by atoms with Crippen molar-refractivity contribution in [2.75, 3.05) is 26.8 Å². The summed E-state index contributed by atoms with van der Waals surface area (Å²) in [5.74, 6) is -0.532. The zero-order chi connectivity index (χ0) is 14.3. The Kier molecular flexibility index (Phi) is 3.11. The van der Waals surface area contributed by atoms with E-state index >= 15 is 0 Å². The molecule has 0 spiro atoms. The number of hydrogen-bond acceptors (Lipinski definition) is 5. The lowest BCUT2D eigenvalue weighted by molar-refractivity contribution is -0.135. The Labute approximate surface area is 116 Å². The molecular formula is C13H16N2O5. The zero-order valence-electron chi connectivity index (χ0n) is 11.2. The van der Waals surface area contributed by atoms with Gasteiger partial charge in [-0.25, -0.2) is 14.5 Å². The van der Waals surface area contributed by atoms with E-state index in [1.165, 1.54) is 7.11 Å². The number of carbonyl (C=O) groups excluding carboxylic acids is 3. The summed E-state index contributed by atoms with van der Waals surface area (Å²) in [6.07, 6.45) is 3.50. The number of ether oxygens (including phenoxy) is 2. The fourth-order valence-corrected chi connectivity index (χ4v) is 3.13. The van der Waals surface area contributed by atoms with Crippen LogP contribution in [0.25, 0.3) is 0 Å². The predicted octanol–water partition coefficient (Wildman–Crippen LogP) is 0.608. The number of amides is 3. The van der Waals surface area contributed by atoms with Crippen LogP contribution in [0.3, 0.4) is 0 Å². The summed E-state index contributed by atoms with van der Waals surface area (Å²) in [5.41, 5.74) is 0. The van der Waals surface area contributed by atoms with Crippen LogP contribution in [0.4, 0.5) is 9.59 Å². The van der Waals surface area contributed by atoms with Crippen molar-refractivity contribution in [3.63, 3.8) is 0 Å². The van der Waals surface area contributed by atoms with Crippen molar-refractivity contribution in [3.8, 4) is 0 Å². The SMILES string of the molecule is COC(=O)N1C[C@@H]2C=C[C@H]1[C@H](C(=O)N1CCOC1=O)C2. The van der Waals surface area contributed by atoms with E-state index in [1.807, 2.05) is 12.2 Å². The highest BCUT2D eigenvalue weighted by Crippen LogP contribution is 2.36. The first-order valence-corrected chi connectivity index (χ1v) is 6.63. The molecular weight excluding hydrogens is 264 g/mol. The molecule has 0 aromatic heterocycles.